The number of nitrogens with one attached hydrogen (secondary N) is 1. The van der Waals surface area contributed by atoms with Gasteiger partial charge >= 0.3 is 0 Å². The summed E-state index contributed by atoms with van der Waals surface area (Å²) in [6.07, 6.45) is 11.6. The largest absolute Gasteiger partial charge is 0.382 e. The summed E-state index contributed by atoms with van der Waals surface area (Å²) in [5.41, 5.74) is 11.1. The number of amides is 1. The molecule has 3 aromatic rings. The Morgan fingerprint density at radius 1 is 1.27 bits per heavy atom. The molecule has 3 aromatic heterocycles. The second-order valence-corrected chi connectivity index (χ2v) is 15.8. The molecule has 10 heteroatoms. The number of fused-ring (bicyclic) bond motifs is 1. The summed E-state index contributed by atoms with van der Waals surface area (Å²) < 4.78 is 7.86. The van der Waals surface area contributed by atoms with Crippen molar-refractivity contribution in [3.05, 3.63) is 24.8 Å². The Morgan fingerprint density at radius 3 is 2.82 bits per heavy atom. The number of nitrogens with two attached hydrogens (primary N) is 1. The van der Waals surface area contributed by atoms with Gasteiger partial charge in [-0.2, -0.15) is 4.79 Å². The number of nitrogens with zero attached hydrogens (tertiary/aromatic N) is 5. The predicted molar refractivity (Wildman–Crippen MR) is 133 cm³/mol. The second kappa shape index (κ2) is 10.0. The first-order valence-corrected chi connectivity index (χ1v) is 15.5. The highest BCUT2D eigenvalue weighted by Gasteiger charge is 2.19. The Bertz CT molecular complexity index is 1100. The van der Waals surface area contributed by atoms with Crippen molar-refractivity contribution in [3.8, 4) is 11.3 Å². The van der Waals surface area contributed by atoms with Crippen LogP contribution in [0.15, 0.2) is 24.8 Å². The molecule has 1 aliphatic rings. The van der Waals surface area contributed by atoms with Crippen molar-refractivity contribution >= 4 is 30.8 Å². The van der Waals surface area contributed by atoms with Crippen LogP contribution in [0.1, 0.15) is 38.5 Å². The first kappa shape index (κ1) is 23.4. The summed E-state index contributed by atoms with van der Waals surface area (Å²) in [6.45, 7) is 8.19. The zero-order chi connectivity index (χ0) is 23.4. The lowest BCUT2D eigenvalue weighted by Crippen LogP contribution is -2.23. The fourth-order valence-corrected chi connectivity index (χ4v) is 5.07. The van der Waals surface area contributed by atoms with Gasteiger partial charge in [0, 0.05) is 32.7 Å². The molecule has 0 saturated heterocycles. The van der Waals surface area contributed by atoms with Gasteiger partial charge in [-0.1, -0.05) is 45.3 Å². The van der Waals surface area contributed by atoms with E-state index in [1.165, 1.54) is 36.8 Å². The molecule has 0 radical (unpaired) electrons. The van der Waals surface area contributed by atoms with Crippen LogP contribution < -0.4 is 11.2 Å². The molecule has 1 fully saturated rings. The average Bonchev–Trinajstić information content (AvgIpc) is 3.49. The molecule has 4 rings (SSSR count). The van der Waals surface area contributed by atoms with E-state index in [1.54, 1.807) is 6.20 Å². The molecular formula is C23H35N7O2Si. The van der Waals surface area contributed by atoms with Crippen molar-refractivity contribution in [1.82, 2.24) is 24.4 Å². The van der Waals surface area contributed by atoms with E-state index >= 15 is 0 Å². The lowest BCUT2D eigenvalue weighted by Gasteiger charge is -2.15. The standard InChI is InChI=1S/C23H35N7O2Si/c1-33(2,3)13-12-32-16-29-11-10-18-21(25-15-26-23(18)29)19-14-30(28-22(19)24)27-20(31)9-8-17-6-4-5-7-17/h10-11,14-15,17H,4-9,12-13,16H2,1-3H3,(H2,24,28)(H,27,31). The zero-order valence-corrected chi connectivity index (χ0v) is 20.9. The maximum Gasteiger partial charge on any atom is 0.240 e. The summed E-state index contributed by atoms with van der Waals surface area (Å²) in [4.78, 5) is 22.7. The molecule has 0 unspecified atom stereocenters. The number of hydrogen-bond donors (Lipinski definition) is 2. The van der Waals surface area contributed by atoms with Crippen LogP contribution in [0.25, 0.3) is 22.3 Å². The zero-order valence-electron chi connectivity index (χ0n) is 19.9. The molecule has 0 atom stereocenters. The highest BCUT2D eigenvalue weighted by atomic mass is 28.3. The van der Waals surface area contributed by atoms with Gasteiger partial charge in [-0.3, -0.25) is 4.79 Å². The van der Waals surface area contributed by atoms with E-state index in [1.807, 2.05) is 16.8 Å². The van der Waals surface area contributed by atoms with Crippen molar-refractivity contribution < 1.29 is 9.53 Å². The minimum Gasteiger partial charge on any atom is -0.382 e. The predicted octanol–water partition coefficient (Wildman–Crippen LogP) is 4.23. The Morgan fingerprint density at radius 2 is 2.06 bits per heavy atom. The van der Waals surface area contributed by atoms with E-state index in [4.69, 9.17) is 10.5 Å². The number of aromatic nitrogens is 5. The van der Waals surface area contributed by atoms with Gasteiger partial charge in [0.05, 0.1) is 17.5 Å². The second-order valence-electron chi connectivity index (χ2n) is 10.2. The summed E-state index contributed by atoms with van der Waals surface area (Å²) in [6, 6.07) is 3.08. The molecule has 0 aliphatic heterocycles. The maximum absolute atomic E-state index is 12.4. The molecule has 3 heterocycles. The van der Waals surface area contributed by atoms with E-state index in [0.717, 1.165) is 30.1 Å². The van der Waals surface area contributed by atoms with Gasteiger partial charge in [0.25, 0.3) is 0 Å². The van der Waals surface area contributed by atoms with Crippen molar-refractivity contribution in [2.45, 2.75) is 70.9 Å². The Labute approximate surface area is 195 Å². The summed E-state index contributed by atoms with van der Waals surface area (Å²) >= 11 is 0. The van der Waals surface area contributed by atoms with Gasteiger partial charge in [-0.15, -0.1) is 5.10 Å². The van der Waals surface area contributed by atoms with Gasteiger partial charge in [0.15, 0.2) is 5.82 Å². The first-order chi connectivity index (χ1) is 15.8. The number of carbonyl (C=O) groups excluding carboxylic acids is 1. The lowest BCUT2D eigenvalue weighted by molar-refractivity contribution is -0.117. The monoisotopic (exact) mass is 469 g/mol. The number of rotatable bonds is 10. The molecule has 3 N–H and O–H groups in total. The minimum absolute atomic E-state index is 0.0506. The molecule has 178 valence electrons. The normalized spacial score (nSPS) is 14.9. The first-order valence-electron chi connectivity index (χ1n) is 11.8. The molecule has 1 saturated carbocycles. The van der Waals surface area contributed by atoms with Crippen LogP contribution in [0.3, 0.4) is 0 Å². The molecule has 0 bridgehead atoms. The SMILES string of the molecule is C[Si](C)(C)CCOCn1ccc2c(-c3cn(NC(=O)CCC4CCCC4)nc3N)ncnc21. The van der Waals surface area contributed by atoms with Crippen LogP contribution in [0.5, 0.6) is 0 Å². The minimum atomic E-state index is -1.13. The average molecular weight is 470 g/mol. The fraction of sp³-hybridized carbons (Fsp3) is 0.565. The summed E-state index contributed by atoms with van der Waals surface area (Å²) in [5, 5.41) is 5.14. The van der Waals surface area contributed by atoms with Gasteiger partial charge in [0.2, 0.25) is 5.91 Å². The maximum atomic E-state index is 12.4. The number of anilines is 1. The number of carbonyl (C=O) groups is 1. The van der Waals surface area contributed by atoms with E-state index in [9.17, 15) is 4.79 Å². The molecule has 9 nitrogen and oxygen atoms in total. The van der Waals surface area contributed by atoms with Crippen LogP contribution in [0.2, 0.25) is 25.7 Å². The third kappa shape index (κ3) is 6.00. The smallest absolute Gasteiger partial charge is 0.240 e. The highest BCUT2D eigenvalue weighted by Crippen LogP contribution is 2.30. The van der Waals surface area contributed by atoms with Crippen LogP contribution >= 0.6 is 0 Å². The van der Waals surface area contributed by atoms with Crippen LogP contribution in [-0.4, -0.2) is 45.0 Å². The molecule has 0 aromatic carbocycles. The third-order valence-corrected chi connectivity index (χ3v) is 7.98. The Kier molecular flexibility index (Phi) is 7.13. The number of ether oxygens (including phenoxy) is 1. The summed E-state index contributed by atoms with van der Waals surface area (Å²) in [7, 11) is -1.13. The third-order valence-electron chi connectivity index (χ3n) is 6.27. The van der Waals surface area contributed by atoms with E-state index < -0.39 is 8.07 Å². The van der Waals surface area contributed by atoms with Crippen LogP contribution in [0, 0.1) is 5.92 Å². The fourth-order valence-electron chi connectivity index (χ4n) is 4.31. The Balaban J connectivity index is 1.43. The Hall–Kier alpha value is -2.72. The quantitative estimate of drug-likeness (QED) is 0.339. The summed E-state index contributed by atoms with van der Waals surface area (Å²) in [5.74, 6) is 0.933. The van der Waals surface area contributed by atoms with Crippen molar-refractivity contribution in [2.75, 3.05) is 17.8 Å². The molecular weight excluding hydrogens is 434 g/mol. The molecule has 1 aliphatic carbocycles. The van der Waals surface area contributed by atoms with Gasteiger partial charge in [-0.05, 0) is 24.4 Å². The van der Waals surface area contributed by atoms with E-state index in [2.05, 4.69) is 40.1 Å². The van der Waals surface area contributed by atoms with Crippen LogP contribution in [-0.2, 0) is 16.3 Å². The highest BCUT2D eigenvalue weighted by molar-refractivity contribution is 6.76. The van der Waals surface area contributed by atoms with Crippen molar-refractivity contribution in [1.29, 1.82) is 0 Å². The van der Waals surface area contributed by atoms with E-state index in [0.29, 0.717) is 36.1 Å². The van der Waals surface area contributed by atoms with Gasteiger partial charge in [-0.25, -0.2) is 15.4 Å². The number of hydrogen-bond acceptors (Lipinski definition) is 6. The van der Waals surface area contributed by atoms with Crippen molar-refractivity contribution in [3.63, 3.8) is 0 Å². The molecule has 33 heavy (non-hydrogen) atoms. The van der Waals surface area contributed by atoms with Gasteiger partial charge < -0.3 is 15.0 Å². The number of nitrogen functional groups attached to an aromatic ring is 1. The lowest BCUT2D eigenvalue weighted by atomic mass is 10.0. The van der Waals surface area contributed by atoms with Crippen LogP contribution in [0.4, 0.5) is 5.82 Å². The van der Waals surface area contributed by atoms with Crippen molar-refractivity contribution in [2.24, 2.45) is 5.92 Å². The topological polar surface area (TPSA) is 113 Å². The molecule has 0 spiro atoms. The van der Waals surface area contributed by atoms with Gasteiger partial charge in [0.1, 0.15) is 18.7 Å². The molecule has 1 amide bonds. The van der Waals surface area contributed by atoms with E-state index in [-0.39, 0.29) is 5.91 Å².